The van der Waals surface area contributed by atoms with E-state index in [9.17, 15) is 20.0 Å². The van der Waals surface area contributed by atoms with Gasteiger partial charge < -0.3 is 0 Å². The maximum atomic E-state index is 14.5. The summed E-state index contributed by atoms with van der Waals surface area (Å²) < 4.78 is 0. The zero-order chi connectivity index (χ0) is 34.9. The fourth-order valence-corrected chi connectivity index (χ4v) is 7.92. The van der Waals surface area contributed by atoms with Gasteiger partial charge in [0, 0.05) is 0 Å². The molecule has 6 heteroatoms. The third kappa shape index (κ3) is 7.72. The normalized spacial score (nSPS) is 16.3. The molecular weight excluding hydrogens is 596 g/mol. The van der Waals surface area contributed by atoms with Crippen molar-refractivity contribution in [3.63, 3.8) is 0 Å². The van der Waals surface area contributed by atoms with Crippen LogP contribution in [0.1, 0.15) is 104 Å². The van der Waals surface area contributed by atoms with E-state index in [0.717, 1.165) is 89.7 Å². The summed E-state index contributed by atoms with van der Waals surface area (Å²) in [6.07, 6.45) is 2.45. The van der Waals surface area contributed by atoms with Gasteiger partial charge in [0.25, 0.3) is 11.8 Å². The van der Waals surface area contributed by atoms with E-state index in [1.54, 1.807) is 0 Å². The first-order chi connectivity index (χ1) is 22.7. The van der Waals surface area contributed by atoms with Crippen molar-refractivity contribution in [1.82, 2.24) is 10.1 Å². The maximum Gasteiger partial charge on any atom is 0.258 e. The van der Waals surface area contributed by atoms with Crippen molar-refractivity contribution in [3.8, 4) is 0 Å². The molecule has 6 nitrogen and oxygen atoms in total. The van der Waals surface area contributed by atoms with Crippen LogP contribution in [0.5, 0.6) is 0 Å². The first-order valence-electron chi connectivity index (χ1n) is 17.1. The van der Waals surface area contributed by atoms with Crippen LogP contribution >= 0.6 is 0 Å². The monoisotopic (exact) mass is 646 g/mol. The zero-order valence-corrected chi connectivity index (χ0v) is 29.7. The molecule has 0 unspecified atom stereocenters. The lowest BCUT2D eigenvalue weighted by Crippen LogP contribution is -2.56. The molecule has 0 heterocycles. The second-order valence-corrected chi connectivity index (χ2v) is 14.3. The molecular formula is C42H50N2O4. The second kappa shape index (κ2) is 14.5. The SMILES string of the molecule is Cc1cc(C)cc(C(C(=O)N(O)[C@H]2CCCC[C@@H]2N(O)C(=O)C(c2cc(C)cc(C)c2)c2cc(C)cc(C)c2)c2cc(C)cc(C)c2)c1. The smallest absolute Gasteiger partial charge is 0.258 e. The predicted octanol–water partition coefficient (Wildman–Crippen LogP) is 8.86. The molecule has 5 rings (SSSR count). The summed E-state index contributed by atoms with van der Waals surface area (Å²) >= 11 is 0. The minimum atomic E-state index is -0.779. The molecule has 2 amide bonds. The van der Waals surface area contributed by atoms with Crippen LogP contribution in [0.3, 0.4) is 0 Å². The van der Waals surface area contributed by atoms with Crippen molar-refractivity contribution in [2.24, 2.45) is 0 Å². The Kier molecular flexibility index (Phi) is 10.6. The first-order valence-corrected chi connectivity index (χ1v) is 17.1. The fourth-order valence-electron chi connectivity index (χ4n) is 7.92. The van der Waals surface area contributed by atoms with E-state index >= 15 is 0 Å². The molecule has 0 radical (unpaired) electrons. The lowest BCUT2D eigenvalue weighted by atomic mass is 9.84. The molecule has 1 saturated carbocycles. The fraction of sp³-hybridized carbons (Fsp3) is 0.381. The molecule has 1 fully saturated rings. The molecule has 4 aromatic rings. The number of hydrogen-bond donors (Lipinski definition) is 2. The summed E-state index contributed by atoms with van der Waals surface area (Å²) in [7, 11) is 0. The molecule has 48 heavy (non-hydrogen) atoms. The van der Waals surface area contributed by atoms with E-state index in [1.807, 2.05) is 104 Å². The van der Waals surface area contributed by atoms with Crippen molar-refractivity contribution in [3.05, 3.63) is 140 Å². The van der Waals surface area contributed by atoms with Crippen molar-refractivity contribution in [1.29, 1.82) is 0 Å². The summed E-state index contributed by atoms with van der Waals surface area (Å²) in [4.78, 5) is 29.1. The van der Waals surface area contributed by atoms with Gasteiger partial charge in [0.15, 0.2) is 0 Å². The highest BCUT2D eigenvalue weighted by Crippen LogP contribution is 2.36. The molecule has 0 saturated heterocycles. The van der Waals surface area contributed by atoms with E-state index in [4.69, 9.17) is 0 Å². The molecule has 0 spiro atoms. The highest BCUT2D eigenvalue weighted by molar-refractivity contribution is 5.88. The van der Waals surface area contributed by atoms with Crippen LogP contribution in [0.4, 0.5) is 0 Å². The van der Waals surface area contributed by atoms with Gasteiger partial charge in [-0.05, 0) is 90.5 Å². The standard InChI is InChI=1S/C42H50N2O4/c1-25-13-26(2)18-33(17-25)39(34-19-27(3)14-28(4)20-34)41(45)43(47)37-11-9-10-12-38(37)44(48)42(46)40(35-21-29(5)15-30(6)22-35)36-23-31(7)16-32(8)24-36/h13-24,37-40,47-48H,9-12H2,1-8H3/t37-,38-/m0/s1. The Morgan fingerprint density at radius 2 is 0.667 bits per heavy atom. The molecule has 0 bridgehead atoms. The molecule has 2 atom stereocenters. The number of rotatable bonds is 8. The predicted molar refractivity (Wildman–Crippen MR) is 191 cm³/mol. The number of carbonyl (C=O) groups excluding carboxylic acids is 2. The van der Waals surface area contributed by atoms with Crippen molar-refractivity contribution < 1.29 is 20.0 Å². The van der Waals surface area contributed by atoms with Gasteiger partial charge in [-0.15, -0.1) is 0 Å². The summed E-state index contributed by atoms with van der Waals surface area (Å²) in [6, 6.07) is 22.7. The van der Waals surface area contributed by atoms with Crippen molar-refractivity contribution in [2.45, 2.75) is 105 Å². The Balaban J connectivity index is 1.53. The number of nitrogens with zero attached hydrogens (tertiary/aromatic N) is 2. The lowest BCUT2D eigenvalue weighted by Gasteiger charge is -2.41. The molecule has 1 aliphatic rings. The Bertz CT molecular complexity index is 1510. The van der Waals surface area contributed by atoms with Gasteiger partial charge in [-0.1, -0.05) is 130 Å². The summed E-state index contributed by atoms with van der Waals surface area (Å²) in [6.45, 7) is 16.0. The Labute approximate surface area is 286 Å². The van der Waals surface area contributed by atoms with E-state index in [1.165, 1.54) is 0 Å². The summed E-state index contributed by atoms with van der Waals surface area (Å²) in [5.41, 5.74) is 11.5. The van der Waals surface area contributed by atoms with Crippen LogP contribution in [0, 0.1) is 55.4 Å². The van der Waals surface area contributed by atoms with Gasteiger partial charge in [-0.2, -0.15) is 0 Å². The number of amides is 2. The second-order valence-electron chi connectivity index (χ2n) is 14.3. The quantitative estimate of drug-likeness (QED) is 0.148. The number of carbonyl (C=O) groups is 2. The molecule has 0 aromatic heterocycles. The first kappa shape index (κ1) is 35.1. The summed E-state index contributed by atoms with van der Waals surface area (Å²) in [5, 5.41) is 25.4. The third-order valence-electron chi connectivity index (χ3n) is 9.58. The Morgan fingerprint density at radius 1 is 0.458 bits per heavy atom. The Hall–Kier alpha value is -4.26. The van der Waals surface area contributed by atoms with Gasteiger partial charge in [0.05, 0.1) is 23.9 Å². The van der Waals surface area contributed by atoms with Gasteiger partial charge in [0.2, 0.25) is 0 Å². The van der Waals surface area contributed by atoms with Crippen LogP contribution < -0.4 is 0 Å². The Morgan fingerprint density at radius 3 is 0.875 bits per heavy atom. The third-order valence-corrected chi connectivity index (χ3v) is 9.58. The molecule has 4 aromatic carbocycles. The minimum absolute atomic E-state index is 0.460. The largest absolute Gasteiger partial charge is 0.286 e. The zero-order valence-electron chi connectivity index (χ0n) is 29.7. The number of hydroxylamine groups is 4. The van der Waals surface area contributed by atoms with Gasteiger partial charge in [0.1, 0.15) is 0 Å². The van der Waals surface area contributed by atoms with Crippen LogP contribution in [0.25, 0.3) is 0 Å². The van der Waals surface area contributed by atoms with Crippen LogP contribution in [0.15, 0.2) is 72.8 Å². The van der Waals surface area contributed by atoms with Gasteiger partial charge >= 0.3 is 0 Å². The van der Waals surface area contributed by atoms with Crippen LogP contribution in [-0.4, -0.2) is 44.4 Å². The number of hydrogen-bond acceptors (Lipinski definition) is 4. The van der Waals surface area contributed by atoms with E-state index in [2.05, 4.69) is 24.3 Å². The van der Waals surface area contributed by atoms with E-state index < -0.39 is 35.7 Å². The maximum absolute atomic E-state index is 14.5. The number of benzene rings is 4. The van der Waals surface area contributed by atoms with Crippen molar-refractivity contribution in [2.75, 3.05) is 0 Å². The molecule has 252 valence electrons. The minimum Gasteiger partial charge on any atom is -0.286 e. The van der Waals surface area contributed by atoms with Gasteiger partial charge in [-0.25, -0.2) is 10.1 Å². The van der Waals surface area contributed by atoms with E-state index in [0.29, 0.717) is 12.8 Å². The molecule has 1 aliphatic carbocycles. The topological polar surface area (TPSA) is 81.1 Å². The van der Waals surface area contributed by atoms with Crippen LogP contribution in [0.2, 0.25) is 0 Å². The lowest BCUT2D eigenvalue weighted by molar-refractivity contribution is -0.213. The molecule has 0 aliphatic heterocycles. The van der Waals surface area contributed by atoms with Crippen molar-refractivity contribution >= 4 is 11.8 Å². The van der Waals surface area contributed by atoms with E-state index in [-0.39, 0.29) is 0 Å². The summed E-state index contributed by atoms with van der Waals surface area (Å²) in [5.74, 6) is -2.45. The highest BCUT2D eigenvalue weighted by Gasteiger charge is 2.42. The average molecular weight is 647 g/mol. The molecule has 2 N–H and O–H groups in total. The van der Waals surface area contributed by atoms with Crippen LogP contribution in [-0.2, 0) is 9.59 Å². The number of aryl methyl sites for hydroxylation is 8. The average Bonchev–Trinajstić information content (AvgIpc) is 2.98. The highest BCUT2D eigenvalue weighted by atomic mass is 16.5. The van der Waals surface area contributed by atoms with Gasteiger partial charge in [-0.3, -0.25) is 20.0 Å².